The van der Waals surface area contributed by atoms with Crippen LogP contribution in [0.3, 0.4) is 0 Å². The van der Waals surface area contributed by atoms with Crippen molar-refractivity contribution in [3.63, 3.8) is 0 Å². The number of aliphatic hydroxyl groups excluding tert-OH is 1. The Morgan fingerprint density at radius 3 is 2.94 bits per heavy atom. The van der Waals surface area contributed by atoms with Crippen molar-refractivity contribution in [2.45, 2.75) is 13.5 Å². The van der Waals surface area contributed by atoms with Crippen LogP contribution in [0.4, 0.5) is 0 Å². The summed E-state index contributed by atoms with van der Waals surface area (Å²) in [6.07, 6.45) is 1.53. The van der Waals surface area contributed by atoms with Gasteiger partial charge in [-0.15, -0.1) is 0 Å². The summed E-state index contributed by atoms with van der Waals surface area (Å²) in [4.78, 5) is 15.6. The van der Waals surface area contributed by atoms with Crippen molar-refractivity contribution >= 4 is 28.2 Å². The van der Waals surface area contributed by atoms with Gasteiger partial charge in [-0.25, -0.2) is 4.79 Å². The van der Waals surface area contributed by atoms with Crippen LogP contribution in [0.1, 0.15) is 16.8 Å². The van der Waals surface area contributed by atoms with Crippen LogP contribution < -0.4 is 11.4 Å². The Morgan fingerprint density at radius 2 is 2.35 bits per heavy atom. The van der Waals surface area contributed by atoms with Crippen molar-refractivity contribution in [3.8, 4) is 0 Å². The van der Waals surface area contributed by atoms with Crippen molar-refractivity contribution in [2.75, 3.05) is 0 Å². The minimum Gasteiger partial charge on any atom is -0.420 e. The molecule has 6 heteroatoms. The summed E-state index contributed by atoms with van der Waals surface area (Å²) in [5.41, 5.74) is 6.45. The van der Waals surface area contributed by atoms with Gasteiger partial charge in [0.15, 0.2) is 5.58 Å². The van der Waals surface area contributed by atoms with E-state index in [0.29, 0.717) is 22.2 Å². The third-order valence-electron chi connectivity index (χ3n) is 2.47. The zero-order valence-electron chi connectivity index (χ0n) is 9.06. The van der Waals surface area contributed by atoms with Crippen LogP contribution in [0, 0.1) is 6.92 Å². The van der Waals surface area contributed by atoms with Gasteiger partial charge in [0, 0.05) is 17.1 Å². The molecule has 88 valence electrons. The average Bonchev–Trinajstić information content (AvgIpc) is 2.29. The van der Waals surface area contributed by atoms with E-state index in [9.17, 15) is 9.90 Å². The predicted octanol–water partition coefficient (Wildman–Crippen LogP) is 0.623. The molecule has 0 aliphatic rings. The Labute approximate surface area is 102 Å². The second-order valence-corrected chi connectivity index (χ2v) is 4.02. The fourth-order valence-electron chi connectivity index (χ4n) is 1.58. The second-order valence-electron chi connectivity index (χ2n) is 3.58. The first-order valence-corrected chi connectivity index (χ1v) is 5.28. The molecule has 0 aliphatic carbocycles. The monoisotopic (exact) mass is 250 g/mol. The summed E-state index contributed by atoms with van der Waals surface area (Å²) in [7, 11) is 0. The van der Waals surface area contributed by atoms with Gasteiger partial charge >= 0.3 is 5.63 Å². The molecule has 0 amide bonds. The number of hydrogen-bond acceptors (Lipinski definition) is 5. The Bertz CT molecular complexity index is 664. The van der Waals surface area contributed by atoms with Crippen LogP contribution >= 0.6 is 12.2 Å². The predicted molar refractivity (Wildman–Crippen MR) is 66.8 cm³/mol. The lowest BCUT2D eigenvalue weighted by Crippen LogP contribution is -2.20. The smallest absolute Gasteiger partial charge is 0.346 e. The van der Waals surface area contributed by atoms with Gasteiger partial charge in [-0.2, -0.15) is 0 Å². The molecule has 2 rings (SSSR count). The lowest BCUT2D eigenvalue weighted by molar-refractivity contribution is 0.282. The Kier molecular flexibility index (Phi) is 2.91. The van der Waals surface area contributed by atoms with E-state index in [0.717, 1.165) is 0 Å². The normalized spacial score (nSPS) is 10.7. The molecule has 0 unspecified atom stereocenters. The van der Waals surface area contributed by atoms with Gasteiger partial charge in [-0.1, -0.05) is 12.2 Å². The molecule has 0 aromatic carbocycles. The van der Waals surface area contributed by atoms with Gasteiger partial charge in [0.05, 0.1) is 17.9 Å². The maximum Gasteiger partial charge on any atom is 0.346 e. The van der Waals surface area contributed by atoms with Crippen LogP contribution in [0.25, 0.3) is 11.0 Å². The lowest BCUT2D eigenvalue weighted by Gasteiger charge is -2.06. The third-order valence-corrected chi connectivity index (χ3v) is 2.69. The van der Waals surface area contributed by atoms with Crippen molar-refractivity contribution < 1.29 is 9.52 Å². The number of aromatic nitrogens is 1. The Morgan fingerprint density at radius 1 is 1.65 bits per heavy atom. The number of fused-ring (bicyclic) bond motifs is 1. The zero-order valence-corrected chi connectivity index (χ0v) is 9.87. The van der Waals surface area contributed by atoms with Crippen molar-refractivity contribution in [1.82, 2.24) is 4.98 Å². The van der Waals surface area contributed by atoms with E-state index in [1.165, 1.54) is 12.3 Å². The lowest BCUT2D eigenvalue weighted by atomic mass is 10.1. The highest BCUT2D eigenvalue weighted by Gasteiger charge is 2.12. The average molecular weight is 250 g/mol. The maximum atomic E-state index is 11.6. The third kappa shape index (κ3) is 1.92. The first kappa shape index (κ1) is 11.7. The summed E-state index contributed by atoms with van der Waals surface area (Å²) in [6, 6.07) is 1.53. The molecule has 0 bridgehead atoms. The minimum atomic E-state index is -0.593. The minimum absolute atomic E-state index is 0.0287. The molecule has 0 aliphatic heterocycles. The molecule has 0 fully saturated rings. The molecule has 17 heavy (non-hydrogen) atoms. The van der Waals surface area contributed by atoms with Gasteiger partial charge in [0.2, 0.25) is 0 Å². The molecule has 0 saturated heterocycles. The number of thiocarbonyl (C=S) groups is 1. The number of nitrogens with two attached hydrogens (primary N) is 1. The molecule has 0 spiro atoms. The molecule has 2 heterocycles. The second kappa shape index (κ2) is 4.23. The SMILES string of the molecule is Cc1ncc(CO)c2cc(C(N)=S)c(=O)oc12. The summed E-state index contributed by atoms with van der Waals surface area (Å²) in [6.45, 7) is 1.52. The van der Waals surface area contributed by atoms with Crippen LogP contribution in [0.5, 0.6) is 0 Å². The molecule has 2 aromatic rings. The highest BCUT2D eigenvalue weighted by Crippen LogP contribution is 2.20. The number of aliphatic hydroxyl groups is 1. The Balaban J connectivity index is 2.92. The number of pyridine rings is 1. The van der Waals surface area contributed by atoms with E-state index in [1.54, 1.807) is 6.92 Å². The largest absolute Gasteiger partial charge is 0.420 e. The highest BCUT2D eigenvalue weighted by molar-refractivity contribution is 7.80. The van der Waals surface area contributed by atoms with Gasteiger partial charge in [0.1, 0.15) is 4.99 Å². The number of rotatable bonds is 2. The number of aryl methyl sites for hydroxylation is 1. The number of hydrogen-bond donors (Lipinski definition) is 2. The molecular weight excluding hydrogens is 240 g/mol. The first-order chi connectivity index (χ1) is 8.04. The molecule has 2 aromatic heterocycles. The standard InChI is InChI=1S/C11H10N2O3S/c1-5-9-7(6(4-14)3-13-5)2-8(10(12)17)11(15)16-9/h2-3,14H,4H2,1H3,(H2,12,17). The summed E-state index contributed by atoms with van der Waals surface area (Å²) >= 11 is 4.76. The van der Waals surface area contributed by atoms with Gasteiger partial charge in [-0.05, 0) is 13.0 Å². The zero-order chi connectivity index (χ0) is 12.6. The maximum absolute atomic E-state index is 11.6. The van der Waals surface area contributed by atoms with Crippen molar-refractivity contribution in [1.29, 1.82) is 0 Å². The summed E-state index contributed by atoms with van der Waals surface area (Å²) in [5.74, 6) is 0. The molecular formula is C11H10N2O3S. The summed E-state index contributed by atoms with van der Waals surface area (Å²) < 4.78 is 5.13. The molecule has 0 atom stereocenters. The summed E-state index contributed by atoms with van der Waals surface area (Å²) in [5, 5.41) is 9.80. The van der Waals surface area contributed by atoms with Crippen molar-refractivity contribution in [2.24, 2.45) is 5.73 Å². The highest BCUT2D eigenvalue weighted by atomic mass is 32.1. The fraction of sp³-hybridized carbons (Fsp3) is 0.182. The molecule has 0 radical (unpaired) electrons. The number of nitrogens with zero attached hydrogens (tertiary/aromatic N) is 1. The van der Waals surface area contributed by atoms with Crippen molar-refractivity contribution in [3.05, 3.63) is 39.5 Å². The van der Waals surface area contributed by atoms with Crippen LogP contribution in [-0.2, 0) is 6.61 Å². The molecule has 0 saturated carbocycles. The quantitative estimate of drug-likeness (QED) is 0.760. The van der Waals surface area contributed by atoms with E-state index in [-0.39, 0.29) is 17.2 Å². The van der Waals surface area contributed by atoms with E-state index in [4.69, 9.17) is 22.4 Å². The van der Waals surface area contributed by atoms with Gasteiger partial charge in [-0.3, -0.25) is 4.98 Å². The van der Waals surface area contributed by atoms with E-state index >= 15 is 0 Å². The van der Waals surface area contributed by atoms with Gasteiger partial charge < -0.3 is 15.3 Å². The topological polar surface area (TPSA) is 89.4 Å². The Hall–Kier alpha value is -1.79. The first-order valence-electron chi connectivity index (χ1n) is 4.87. The van der Waals surface area contributed by atoms with E-state index in [2.05, 4.69) is 4.98 Å². The van der Waals surface area contributed by atoms with Crippen LogP contribution in [-0.4, -0.2) is 15.1 Å². The van der Waals surface area contributed by atoms with Gasteiger partial charge in [0.25, 0.3) is 0 Å². The van der Waals surface area contributed by atoms with Crippen LogP contribution in [0.2, 0.25) is 0 Å². The molecule has 3 N–H and O–H groups in total. The molecule has 5 nitrogen and oxygen atoms in total. The van der Waals surface area contributed by atoms with E-state index < -0.39 is 5.63 Å². The van der Waals surface area contributed by atoms with E-state index in [1.807, 2.05) is 0 Å². The fourth-order valence-corrected chi connectivity index (χ4v) is 1.72. The van der Waals surface area contributed by atoms with Crippen LogP contribution in [0.15, 0.2) is 21.5 Å².